The van der Waals surface area contributed by atoms with Crippen LogP contribution in [0.25, 0.3) is 0 Å². The van der Waals surface area contributed by atoms with Crippen molar-refractivity contribution in [3.8, 4) is 17.2 Å². The Bertz CT molecular complexity index is 648. The van der Waals surface area contributed by atoms with Crippen molar-refractivity contribution in [3.05, 3.63) is 53.1 Å². The summed E-state index contributed by atoms with van der Waals surface area (Å²) in [5.41, 5.74) is 3.93. The van der Waals surface area contributed by atoms with E-state index in [1.54, 1.807) is 14.2 Å². The van der Waals surface area contributed by atoms with Crippen molar-refractivity contribution in [2.75, 3.05) is 20.8 Å². The topological polar surface area (TPSA) is 27.7 Å². The average Bonchev–Trinajstić information content (AvgIpc) is 3.13. The summed E-state index contributed by atoms with van der Waals surface area (Å²) in [6.07, 6.45) is 1.09. The number of rotatable bonds is 3. The number of hydrogen-bond donors (Lipinski definition) is 0. The lowest BCUT2D eigenvalue weighted by molar-refractivity contribution is 0.350. The Morgan fingerprint density at radius 2 is 1.64 bits per heavy atom. The third kappa shape index (κ3) is 5.42. The molecule has 0 bridgehead atoms. The van der Waals surface area contributed by atoms with Crippen molar-refractivity contribution in [2.24, 2.45) is 0 Å². The average molecular weight is 344 g/mol. The van der Waals surface area contributed by atoms with Crippen LogP contribution in [0.1, 0.15) is 50.3 Å². The van der Waals surface area contributed by atoms with Crippen molar-refractivity contribution in [1.82, 2.24) is 0 Å². The highest BCUT2D eigenvalue weighted by molar-refractivity contribution is 5.47. The SMILES string of the molecule is CC.COc1cccc(C(C)C)c1OC.Cc1cccc2c1CCO2. The minimum Gasteiger partial charge on any atom is -0.493 e. The molecule has 0 radical (unpaired) electrons. The van der Waals surface area contributed by atoms with E-state index in [9.17, 15) is 0 Å². The maximum Gasteiger partial charge on any atom is 0.164 e. The summed E-state index contributed by atoms with van der Waals surface area (Å²) < 4.78 is 15.9. The van der Waals surface area contributed by atoms with Gasteiger partial charge in [-0.3, -0.25) is 0 Å². The monoisotopic (exact) mass is 344 g/mol. The first-order valence-corrected chi connectivity index (χ1v) is 9.00. The molecule has 0 saturated carbocycles. The second-order valence-electron chi connectivity index (χ2n) is 5.89. The van der Waals surface area contributed by atoms with Crippen LogP contribution in [0.4, 0.5) is 0 Å². The molecular formula is C22H32O3. The fourth-order valence-corrected chi connectivity index (χ4v) is 2.76. The molecule has 2 aromatic carbocycles. The van der Waals surface area contributed by atoms with Crippen LogP contribution in [0.5, 0.6) is 17.2 Å². The van der Waals surface area contributed by atoms with Crippen LogP contribution < -0.4 is 14.2 Å². The van der Waals surface area contributed by atoms with E-state index in [-0.39, 0.29) is 0 Å². The van der Waals surface area contributed by atoms with Gasteiger partial charge in [0.15, 0.2) is 11.5 Å². The lowest BCUT2D eigenvalue weighted by Crippen LogP contribution is -1.97. The van der Waals surface area contributed by atoms with Gasteiger partial charge in [0.25, 0.3) is 0 Å². The van der Waals surface area contributed by atoms with Crippen molar-refractivity contribution < 1.29 is 14.2 Å². The summed E-state index contributed by atoms with van der Waals surface area (Å²) >= 11 is 0. The summed E-state index contributed by atoms with van der Waals surface area (Å²) in [7, 11) is 3.33. The van der Waals surface area contributed by atoms with Gasteiger partial charge < -0.3 is 14.2 Å². The molecule has 0 amide bonds. The molecule has 0 fully saturated rings. The zero-order valence-electron chi connectivity index (χ0n) is 16.7. The fourth-order valence-electron chi connectivity index (χ4n) is 2.76. The zero-order chi connectivity index (χ0) is 18.8. The second kappa shape index (κ2) is 10.7. The third-order valence-electron chi connectivity index (χ3n) is 4.03. The maximum absolute atomic E-state index is 5.38. The van der Waals surface area contributed by atoms with Gasteiger partial charge in [0.1, 0.15) is 5.75 Å². The lowest BCUT2D eigenvalue weighted by Gasteiger charge is -2.14. The fraction of sp³-hybridized carbons (Fsp3) is 0.455. The highest BCUT2D eigenvalue weighted by Crippen LogP contribution is 2.34. The van der Waals surface area contributed by atoms with Gasteiger partial charge in [-0.1, -0.05) is 52.0 Å². The standard InChI is InChI=1S/C11H16O2.C9H10O.C2H6/c1-8(2)9-6-5-7-10(12-3)11(9)13-4;1-7-3-2-4-9-8(7)5-6-10-9;1-2/h5-8H,1-4H3;2-4H,5-6H2,1H3;1-2H3. The molecule has 0 aliphatic carbocycles. The Morgan fingerprint density at radius 1 is 0.960 bits per heavy atom. The predicted octanol–water partition coefficient (Wildman–Crippen LogP) is 5.78. The van der Waals surface area contributed by atoms with Crippen molar-refractivity contribution in [1.29, 1.82) is 0 Å². The molecular weight excluding hydrogens is 312 g/mol. The first-order valence-electron chi connectivity index (χ1n) is 9.00. The van der Waals surface area contributed by atoms with Crippen LogP contribution >= 0.6 is 0 Å². The minimum absolute atomic E-state index is 0.449. The number of fused-ring (bicyclic) bond motifs is 1. The molecule has 0 saturated heterocycles. The number of para-hydroxylation sites is 1. The van der Waals surface area contributed by atoms with Crippen molar-refractivity contribution in [2.45, 2.75) is 47.0 Å². The van der Waals surface area contributed by atoms with Gasteiger partial charge in [0, 0.05) is 17.5 Å². The molecule has 138 valence electrons. The Kier molecular flexibility index (Phi) is 8.90. The number of aryl methyl sites for hydroxylation is 1. The van der Waals surface area contributed by atoms with E-state index in [1.807, 2.05) is 38.1 Å². The smallest absolute Gasteiger partial charge is 0.164 e. The summed E-state index contributed by atoms with van der Waals surface area (Å²) in [5, 5.41) is 0. The van der Waals surface area contributed by atoms with Gasteiger partial charge >= 0.3 is 0 Å². The largest absolute Gasteiger partial charge is 0.493 e. The van der Waals surface area contributed by atoms with E-state index in [0.717, 1.165) is 30.3 Å². The van der Waals surface area contributed by atoms with E-state index in [4.69, 9.17) is 14.2 Å². The van der Waals surface area contributed by atoms with Crippen LogP contribution in [0.15, 0.2) is 36.4 Å². The van der Waals surface area contributed by atoms with E-state index >= 15 is 0 Å². The lowest BCUT2D eigenvalue weighted by atomic mass is 10.0. The molecule has 2 aromatic rings. The normalized spacial score (nSPS) is 11.4. The van der Waals surface area contributed by atoms with Gasteiger partial charge in [-0.15, -0.1) is 0 Å². The number of hydrogen-bond acceptors (Lipinski definition) is 3. The summed E-state index contributed by atoms with van der Waals surface area (Å²) in [4.78, 5) is 0. The predicted molar refractivity (Wildman–Crippen MR) is 105 cm³/mol. The molecule has 1 aliphatic rings. The van der Waals surface area contributed by atoms with Gasteiger partial charge in [-0.2, -0.15) is 0 Å². The minimum atomic E-state index is 0.449. The number of benzene rings is 2. The quantitative estimate of drug-likeness (QED) is 0.706. The van der Waals surface area contributed by atoms with E-state index in [2.05, 4.69) is 32.9 Å². The molecule has 3 rings (SSSR count). The van der Waals surface area contributed by atoms with E-state index in [0.29, 0.717) is 5.92 Å². The van der Waals surface area contributed by atoms with Gasteiger partial charge in [-0.25, -0.2) is 0 Å². The summed E-state index contributed by atoms with van der Waals surface area (Å²) in [6, 6.07) is 12.2. The number of ether oxygens (including phenoxy) is 3. The molecule has 0 N–H and O–H groups in total. The molecule has 3 nitrogen and oxygen atoms in total. The Balaban J connectivity index is 0.000000233. The molecule has 1 aliphatic heterocycles. The van der Waals surface area contributed by atoms with Crippen molar-refractivity contribution in [3.63, 3.8) is 0 Å². The molecule has 1 heterocycles. The first-order chi connectivity index (χ1) is 12.1. The van der Waals surface area contributed by atoms with Gasteiger partial charge in [-0.05, 0) is 30.5 Å². The summed E-state index contributed by atoms with van der Waals surface area (Å²) in [6.45, 7) is 11.3. The number of methoxy groups -OCH3 is 2. The van der Waals surface area contributed by atoms with Gasteiger partial charge in [0.05, 0.1) is 20.8 Å². The highest BCUT2D eigenvalue weighted by atomic mass is 16.5. The van der Waals surface area contributed by atoms with Crippen LogP contribution in [-0.4, -0.2) is 20.8 Å². The molecule has 25 heavy (non-hydrogen) atoms. The highest BCUT2D eigenvalue weighted by Gasteiger charge is 2.12. The summed E-state index contributed by atoms with van der Waals surface area (Å²) in [5.74, 6) is 3.18. The molecule has 0 spiro atoms. The van der Waals surface area contributed by atoms with Crippen molar-refractivity contribution >= 4 is 0 Å². The van der Waals surface area contributed by atoms with Gasteiger partial charge in [0.2, 0.25) is 0 Å². The van der Waals surface area contributed by atoms with E-state index < -0.39 is 0 Å². The Hall–Kier alpha value is -2.16. The van der Waals surface area contributed by atoms with Crippen LogP contribution in [0.3, 0.4) is 0 Å². The Labute approximate surface area is 152 Å². The third-order valence-corrected chi connectivity index (χ3v) is 4.03. The first kappa shape index (κ1) is 20.9. The van der Waals surface area contributed by atoms with Crippen LogP contribution in [0.2, 0.25) is 0 Å². The van der Waals surface area contributed by atoms with E-state index in [1.165, 1.54) is 16.7 Å². The molecule has 0 atom stereocenters. The van der Waals surface area contributed by atoms with Crippen LogP contribution in [0, 0.1) is 6.92 Å². The second-order valence-corrected chi connectivity index (χ2v) is 5.89. The zero-order valence-corrected chi connectivity index (χ0v) is 16.7. The molecule has 0 unspecified atom stereocenters. The Morgan fingerprint density at radius 3 is 2.20 bits per heavy atom. The van der Waals surface area contributed by atoms with Crippen LogP contribution in [-0.2, 0) is 6.42 Å². The molecule has 0 aromatic heterocycles. The maximum atomic E-state index is 5.38. The molecule has 3 heteroatoms.